The summed E-state index contributed by atoms with van der Waals surface area (Å²) >= 11 is 0. The van der Waals surface area contributed by atoms with Crippen molar-refractivity contribution < 1.29 is 0 Å². The van der Waals surface area contributed by atoms with Crippen LogP contribution in [0.25, 0.3) is 0 Å². The van der Waals surface area contributed by atoms with E-state index in [1.807, 2.05) is 0 Å². The van der Waals surface area contributed by atoms with Crippen LogP contribution in [0.4, 0.5) is 0 Å². The summed E-state index contributed by atoms with van der Waals surface area (Å²) in [5, 5.41) is 2.88. The van der Waals surface area contributed by atoms with E-state index in [2.05, 4.69) is 24.0 Å². The highest BCUT2D eigenvalue weighted by Gasteiger charge is 1.98. The van der Waals surface area contributed by atoms with Crippen LogP contribution in [0.3, 0.4) is 0 Å². The molecule has 0 bridgehead atoms. The van der Waals surface area contributed by atoms with Gasteiger partial charge in [-0.15, -0.1) is 0 Å². The third-order valence-electron chi connectivity index (χ3n) is 3.18. The molecule has 0 amide bonds. The normalized spacial score (nSPS) is 11.0. The molecule has 0 fully saturated rings. The second-order valence-corrected chi connectivity index (χ2v) is 4.98. The first-order chi connectivity index (χ1) is 8.31. The number of hydrogen-bond acceptors (Lipinski definition) is 3. The van der Waals surface area contributed by atoms with Crippen LogP contribution >= 0.6 is 0 Å². The lowest BCUT2D eigenvalue weighted by Crippen LogP contribution is -2.21. The first kappa shape index (κ1) is 16.6. The molecule has 0 aromatic heterocycles. The molecule has 0 aromatic rings. The Morgan fingerprint density at radius 2 is 1.35 bits per heavy atom. The molecular weight excluding hydrogens is 212 g/mol. The Bertz CT molecular complexity index is 162. The van der Waals surface area contributed by atoms with Gasteiger partial charge in [0.25, 0.3) is 0 Å². The van der Waals surface area contributed by atoms with Gasteiger partial charge in [-0.05, 0) is 33.0 Å². The second kappa shape index (κ2) is 13.6. The van der Waals surface area contributed by atoms with E-state index in [1.54, 1.807) is 0 Å². The molecular formula is C14H30N2O. The van der Waals surface area contributed by atoms with Crippen LogP contribution in [0, 0.1) is 4.91 Å². The summed E-state index contributed by atoms with van der Waals surface area (Å²) in [4.78, 5) is 12.2. The Kier molecular flexibility index (Phi) is 13.3. The van der Waals surface area contributed by atoms with Crippen LogP contribution in [0.5, 0.6) is 0 Å². The minimum Gasteiger partial charge on any atom is -0.306 e. The molecule has 0 saturated heterocycles. The first-order valence-electron chi connectivity index (χ1n) is 7.29. The molecule has 0 spiro atoms. The van der Waals surface area contributed by atoms with Crippen molar-refractivity contribution in [2.24, 2.45) is 5.18 Å². The summed E-state index contributed by atoms with van der Waals surface area (Å²) in [5.74, 6) is 0. The van der Waals surface area contributed by atoms with E-state index in [1.165, 1.54) is 51.4 Å². The van der Waals surface area contributed by atoms with E-state index in [-0.39, 0.29) is 0 Å². The van der Waals surface area contributed by atoms with E-state index in [0.29, 0.717) is 6.54 Å². The molecule has 3 heteroatoms. The largest absolute Gasteiger partial charge is 0.306 e. The quantitative estimate of drug-likeness (QED) is 0.358. The van der Waals surface area contributed by atoms with Gasteiger partial charge in [0.2, 0.25) is 0 Å². The van der Waals surface area contributed by atoms with Crippen molar-refractivity contribution in [2.45, 2.75) is 64.7 Å². The van der Waals surface area contributed by atoms with Crippen LogP contribution in [0.1, 0.15) is 64.7 Å². The lowest BCUT2D eigenvalue weighted by atomic mass is 10.1. The average Bonchev–Trinajstić information content (AvgIpc) is 2.33. The number of nitrogens with zero attached hydrogens (tertiary/aromatic N) is 2. The number of rotatable bonds is 13. The highest BCUT2D eigenvalue weighted by molar-refractivity contribution is 4.54. The summed E-state index contributed by atoms with van der Waals surface area (Å²) in [6.07, 6.45) is 11.9. The zero-order chi connectivity index (χ0) is 12.8. The van der Waals surface area contributed by atoms with Crippen molar-refractivity contribution >= 4 is 0 Å². The van der Waals surface area contributed by atoms with Gasteiger partial charge >= 0.3 is 0 Å². The monoisotopic (exact) mass is 242 g/mol. The van der Waals surface area contributed by atoms with Crippen LogP contribution < -0.4 is 0 Å². The molecule has 0 radical (unpaired) electrons. The molecule has 0 N–H and O–H groups in total. The summed E-state index contributed by atoms with van der Waals surface area (Å²) in [6, 6.07) is 0. The van der Waals surface area contributed by atoms with Crippen molar-refractivity contribution in [2.75, 3.05) is 26.7 Å². The predicted molar refractivity (Wildman–Crippen MR) is 75.4 cm³/mol. The third-order valence-corrected chi connectivity index (χ3v) is 3.18. The maximum absolute atomic E-state index is 9.93. The van der Waals surface area contributed by atoms with Crippen LogP contribution in [-0.2, 0) is 0 Å². The molecule has 17 heavy (non-hydrogen) atoms. The molecule has 0 aromatic carbocycles. The lowest BCUT2D eigenvalue weighted by molar-refractivity contribution is 0.321. The van der Waals surface area contributed by atoms with Crippen molar-refractivity contribution in [3.63, 3.8) is 0 Å². The topological polar surface area (TPSA) is 32.7 Å². The van der Waals surface area contributed by atoms with Gasteiger partial charge in [-0.3, -0.25) is 0 Å². The zero-order valence-corrected chi connectivity index (χ0v) is 11.8. The Labute approximate surface area is 107 Å². The van der Waals surface area contributed by atoms with Gasteiger partial charge in [-0.2, -0.15) is 4.91 Å². The Balaban J connectivity index is 3.08. The van der Waals surface area contributed by atoms with E-state index in [9.17, 15) is 4.91 Å². The summed E-state index contributed by atoms with van der Waals surface area (Å²) in [6.45, 7) is 4.88. The Morgan fingerprint density at radius 1 is 0.824 bits per heavy atom. The van der Waals surface area contributed by atoms with Gasteiger partial charge in [0.05, 0.1) is 6.54 Å². The minimum atomic E-state index is 0.460. The maximum atomic E-state index is 9.93. The summed E-state index contributed by atoms with van der Waals surface area (Å²) < 4.78 is 0. The molecule has 0 aliphatic rings. The molecule has 0 saturated carbocycles. The smallest absolute Gasteiger partial charge is 0.0823 e. The third kappa shape index (κ3) is 13.5. The van der Waals surface area contributed by atoms with Crippen LogP contribution in [0.2, 0.25) is 0 Å². The molecule has 0 unspecified atom stereocenters. The fraction of sp³-hybridized carbons (Fsp3) is 1.00. The van der Waals surface area contributed by atoms with Gasteiger partial charge in [-0.25, -0.2) is 0 Å². The van der Waals surface area contributed by atoms with Gasteiger partial charge in [-0.1, -0.05) is 57.0 Å². The van der Waals surface area contributed by atoms with E-state index in [0.717, 1.165) is 19.5 Å². The molecule has 0 aliphatic carbocycles. The molecule has 102 valence electrons. The van der Waals surface area contributed by atoms with Gasteiger partial charge in [0.1, 0.15) is 0 Å². The van der Waals surface area contributed by atoms with Crippen molar-refractivity contribution in [3.05, 3.63) is 4.91 Å². The zero-order valence-electron chi connectivity index (χ0n) is 11.8. The Morgan fingerprint density at radius 3 is 1.94 bits per heavy atom. The standard InChI is InChI=1S/C14H30N2O/c1-3-4-5-6-7-8-9-10-13-16(2)14-11-12-15-17/h3-14H2,1-2H3. The summed E-state index contributed by atoms with van der Waals surface area (Å²) in [7, 11) is 2.13. The van der Waals surface area contributed by atoms with Crippen LogP contribution in [0.15, 0.2) is 5.18 Å². The highest BCUT2D eigenvalue weighted by atomic mass is 16.3. The summed E-state index contributed by atoms with van der Waals surface area (Å²) in [5.41, 5.74) is 0. The average molecular weight is 242 g/mol. The highest BCUT2D eigenvalue weighted by Crippen LogP contribution is 2.08. The van der Waals surface area contributed by atoms with Gasteiger partial charge in [0, 0.05) is 0 Å². The SMILES string of the molecule is CCCCCCCCCCN(C)CCCN=O. The van der Waals surface area contributed by atoms with E-state index in [4.69, 9.17) is 0 Å². The van der Waals surface area contributed by atoms with Crippen molar-refractivity contribution in [1.29, 1.82) is 0 Å². The number of nitroso groups, excluding NO2 is 1. The predicted octanol–water partition coefficient (Wildman–Crippen LogP) is 4.22. The lowest BCUT2D eigenvalue weighted by Gasteiger charge is -2.15. The minimum absolute atomic E-state index is 0.460. The maximum Gasteiger partial charge on any atom is 0.0823 e. The second-order valence-electron chi connectivity index (χ2n) is 4.98. The molecule has 0 atom stereocenters. The van der Waals surface area contributed by atoms with Crippen molar-refractivity contribution in [3.8, 4) is 0 Å². The van der Waals surface area contributed by atoms with E-state index < -0.39 is 0 Å². The molecule has 0 rings (SSSR count). The first-order valence-corrected chi connectivity index (χ1v) is 7.29. The molecule has 3 nitrogen and oxygen atoms in total. The van der Waals surface area contributed by atoms with Crippen LogP contribution in [-0.4, -0.2) is 31.6 Å². The van der Waals surface area contributed by atoms with E-state index >= 15 is 0 Å². The molecule has 0 aliphatic heterocycles. The van der Waals surface area contributed by atoms with Gasteiger partial charge in [0.15, 0.2) is 0 Å². The fourth-order valence-corrected chi connectivity index (χ4v) is 2.03. The number of unbranched alkanes of at least 4 members (excludes halogenated alkanes) is 7. The Hall–Kier alpha value is -0.440. The fourth-order valence-electron chi connectivity index (χ4n) is 2.03. The van der Waals surface area contributed by atoms with Crippen molar-refractivity contribution in [1.82, 2.24) is 4.90 Å². The van der Waals surface area contributed by atoms with Gasteiger partial charge < -0.3 is 4.90 Å². The molecule has 0 heterocycles. The number of hydrogen-bond donors (Lipinski definition) is 0.